The number of nitrogens with one attached hydrogen (secondary N) is 1. The summed E-state index contributed by atoms with van der Waals surface area (Å²) in [5.74, 6) is 3.36. The molecule has 108 valence electrons. The molecule has 0 saturated carbocycles. The summed E-state index contributed by atoms with van der Waals surface area (Å²) in [4.78, 5) is 2.49. The third-order valence-electron chi connectivity index (χ3n) is 3.21. The van der Waals surface area contributed by atoms with Crippen LogP contribution in [-0.2, 0) is 13.1 Å². The first-order valence-corrected chi connectivity index (χ1v) is 8.14. The minimum atomic E-state index is 0.131. The van der Waals surface area contributed by atoms with Gasteiger partial charge in [0.2, 0.25) is 0 Å². The Hall–Kier alpha value is -0.450. The van der Waals surface area contributed by atoms with E-state index in [9.17, 15) is 0 Å². The largest absolute Gasteiger partial charge is 0.463 e. The molecule has 1 N–H and O–H groups in total. The Bertz CT molecular complexity index is 397. The van der Waals surface area contributed by atoms with Gasteiger partial charge >= 0.3 is 0 Å². The van der Waals surface area contributed by atoms with Crippen molar-refractivity contribution in [3.05, 3.63) is 23.7 Å². The average Bonchev–Trinajstić information content (AvgIpc) is 2.73. The van der Waals surface area contributed by atoms with Gasteiger partial charge in [-0.25, -0.2) is 0 Å². The molecular formula is C15H26N2OS. The summed E-state index contributed by atoms with van der Waals surface area (Å²) in [5, 5.41) is 4.19. The third-order valence-corrected chi connectivity index (χ3v) is 4.35. The maximum absolute atomic E-state index is 5.91. The lowest BCUT2D eigenvalue weighted by molar-refractivity contribution is 0.250. The van der Waals surface area contributed by atoms with Gasteiger partial charge < -0.3 is 9.73 Å². The van der Waals surface area contributed by atoms with Gasteiger partial charge in [0, 0.05) is 29.6 Å². The molecule has 19 heavy (non-hydrogen) atoms. The first kappa shape index (κ1) is 14.9. The normalized spacial score (nSPS) is 21.8. The van der Waals surface area contributed by atoms with E-state index < -0.39 is 0 Å². The average molecular weight is 282 g/mol. The van der Waals surface area contributed by atoms with Crippen LogP contribution in [0.1, 0.15) is 39.2 Å². The van der Waals surface area contributed by atoms with Gasteiger partial charge in [-0.05, 0) is 32.9 Å². The van der Waals surface area contributed by atoms with Crippen LogP contribution in [0.3, 0.4) is 0 Å². The number of hydrogen-bond donors (Lipinski definition) is 1. The number of furan rings is 1. The standard InChI is InChI=1S/C15H26N2OS/c1-12-10-17(7-8-19-12)11-14-6-5-13(18-14)9-16-15(2,3)4/h5-6,12,16H,7-11H2,1-4H3. The van der Waals surface area contributed by atoms with Gasteiger partial charge in [0.25, 0.3) is 0 Å². The molecule has 1 aliphatic rings. The van der Waals surface area contributed by atoms with Crippen molar-refractivity contribution in [2.45, 2.75) is 51.6 Å². The minimum Gasteiger partial charge on any atom is -0.463 e. The van der Waals surface area contributed by atoms with Crippen LogP contribution in [-0.4, -0.2) is 34.5 Å². The summed E-state index contributed by atoms with van der Waals surface area (Å²) in [5.41, 5.74) is 0.131. The maximum Gasteiger partial charge on any atom is 0.118 e. The van der Waals surface area contributed by atoms with Gasteiger partial charge in [-0.1, -0.05) is 6.92 Å². The van der Waals surface area contributed by atoms with Crippen molar-refractivity contribution in [2.24, 2.45) is 0 Å². The van der Waals surface area contributed by atoms with Crippen LogP contribution in [0.15, 0.2) is 16.5 Å². The molecule has 4 heteroatoms. The molecule has 3 nitrogen and oxygen atoms in total. The van der Waals surface area contributed by atoms with Crippen molar-refractivity contribution < 1.29 is 4.42 Å². The fourth-order valence-electron chi connectivity index (χ4n) is 2.21. The van der Waals surface area contributed by atoms with Gasteiger partial charge in [0.15, 0.2) is 0 Å². The zero-order valence-electron chi connectivity index (χ0n) is 12.5. The van der Waals surface area contributed by atoms with Crippen molar-refractivity contribution in [3.8, 4) is 0 Å². The molecule has 0 aliphatic carbocycles. The minimum absolute atomic E-state index is 0.131. The molecule has 1 aliphatic heterocycles. The molecule has 1 aromatic heterocycles. The van der Waals surface area contributed by atoms with Gasteiger partial charge in [-0.3, -0.25) is 4.90 Å². The molecule has 0 amide bonds. The smallest absolute Gasteiger partial charge is 0.118 e. The Kier molecular flexibility index (Phi) is 4.98. The van der Waals surface area contributed by atoms with Crippen molar-refractivity contribution >= 4 is 11.8 Å². The Balaban J connectivity index is 1.83. The molecule has 2 heterocycles. The molecule has 0 radical (unpaired) electrons. The topological polar surface area (TPSA) is 28.4 Å². The van der Waals surface area contributed by atoms with Crippen LogP contribution in [0.4, 0.5) is 0 Å². The molecule has 1 unspecified atom stereocenters. The Morgan fingerprint density at radius 2 is 2.11 bits per heavy atom. The highest BCUT2D eigenvalue weighted by atomic mass is 32.2. The van der Waals surface area contributed by atoms with Crippen molar-refractivity contribution in [1.29, 1.82) is 0 Å². The summed E-state index contributed by atoms with van der Waals surface area (Å²) >= 11 is 2.07. The van der Waals surface area contributed by atoms with Gasteiger partial charge in [-0.15, -0.1) is 0 Å². The second-order valence-electron chi connectivity index (χ2n) is 6.39. The Labute approximate surface area is 121 Å². The molecule has 0 spiro atoms. The zero-order valence-corrected chi connectivity index (χ0v) is 13.3. The fraction of sp³-hybridized carbons (Fsp3) is 0.733. The van der Waals surface area contributed by atoms with Crippen LogP contribution in [0.5, 0.6) is 0 Å². The quantitative estimate of drug-likeness (QED) is 0.918. The number of rotatable bonds is 4. The molecule has 1 atom stereocenters. The van der Waals surface area contributed by atoms with E-state index in [4.69, 9.17) is 4.42 Å². The van der Waals surface area contributed by atoms with E-state index in [2.05, 4.69) is 61.8 Å². The van der Waals surface area contributed by atoms with Gasteiger partial charge in [0.05, 0.1) is 13.1 Å². The second-order valence-corrected chi connectivity index (χ2v) is 7.93. The summed E-state index contributed by atoms with van der Waals surface area (Å²) in [7, 11) is 0. The van der Waals surface area contributed by atoms with Gasteiger partial charge in [-0.2, -0.15) is 11.8 Å². The highest BCUT2D eigenvalue weighted by molar-refractivity contribution is 7.99. The zero-order chi connectivity index (χ0) is 13.9. The lowest BCUT2D eigenvalue weighted by Gasteiger charge is -2.29. The van der Waals surface area contributed by atoms with E-state index in [1.165, 1.54) is 18.8 Å². The van der Waals surface area contributed by atoms with E-state index >= 15 is 0 Å². The molecule has 0 bridgehead atoms. The first-order chi connectivity index (χ1) is 8.92. The van der Waals surface area contributed by atoms with Gasteiger partial charge in [0.1, 0.15) is 11.5 Å². The highest BCUT2D eigenvalue weighted by Gasteiger charge is 2.18. The summed E-state index contributed by atoms with van der Waals surface area (Å²) < 4.78 is 5.91. The number of nitrogens with zero attached hydrogens (tertiary/aromatic N) is 1. The van der Waals surface area contributed by atoms with E-state index in [-0.39, 0.29) is 5.54 Å². The molecular weight excluding hydrogens is 256 g/mol. The van der Waals surface area contributed by atoms with Crippen LogP contribution in [0, 0.1) is 0 Å². The molecule has 0 aromatic carbocycles. The molecule has 1 fully saturated rings. The summed E-state index contributed by atoms with van der Waals surface area (Å²) in [6, 6.07) is 4.21. The number of hydrogen-bond acceptors (Lipinski definition) is 4. The fourth-order valence-corrected chi connectivity index (χ4v) is 3.29. The van der Waals surface area contributed by atoms with E-state index in [1.54, 1.807) is 0 Å². The van der Waals surface area contributed by atoms with E-state index in [0.29, 0.717) is 0 Å². The Morgan fingerprint density at radius 1 is 1.37 bits per heavy atom. The lowest BCUT2D eigenvalue weighted by atomic mass is 10.1. The molecule has 2 rings (SSSR count). The maximum atomic E-state index is 5.91. The second kappa shape index (κ2) is 6.33. The predicted molar refractivity (Wildman–Crippen MR) is 82.5 cm³/mol. The van der Waals surface area contributed by atoms with Crippen molar-refractivity contribution in [2.75, 3.05) is 18.8 Å². The monoisotopic (exact) mass is 282 g/mol. The molecule has 1 saturated heterocycles. The van der Waals surface area contributed by atoms with Crippen LogP contribution in [0.25, 0.3) is 0 Å². The first-order valence-electron chi connectivity index (χ1n) is 7.09. The summed E-state index contributed by atoms with van der Waals surface area (Å²) in [6.07, 6.45) is 0. The van der Waals surface area contributed by atoms with Crippen LogP contribution < -0.4 is 5.32 Å². The SMILES string of the molecule is CC1CN(Cc2ccc(CNC(C)(C)C)o2)CCS1. The van der Waals surface area contributed by atoms with Crippen molar-refractivity contribution in [1.82, 2.24) is 10.2 Å². The third kappa shape index (κ3) is 5.21. The van der Waals surface area contributed by atoms with Crippen molar-refractivity contribution in [3.63, 3.8) is 0 Å². The Morgan fingerprint density at radius 3 is 2.79 bits per heavy atom. The van der Waals surface area contributed by atoms with E-state index in [1.807, 2.05) is 0 Å². The highest BCUT2D eigenvalue weighted by Crippen LogP contribution is 2.20. The van der Waals surface area contributed by atoms with E-state index in [0.717, 1.165) is 29.9 Å². The molecule has 1 aromatic rings. The predicted octanol–water partition coefficient (Wildman–Crippen LogP) is 3.11. The lowest BCUT2D eigenvalue weighted by Crippen LogP contribution is -2.36. The number of thioether (sulfide) groups is 1. The van der Waals surface area contributed by atoms with Crippen LogP contribution >= 0.6 is 11.8 Å². The summed E-state index contributed by atoms with van der Waals surface area (Å²) in [6.45, 7) is 12.9. The van der Waals surface area contributed by atoms with Crippen LogP contribution in [0.2, 0.25) is 0 Å².